The molecule has 4 heteroatoms. The van der Waals surface area contributed by atoms with Crippen LogP contribution in [0.4, 0.5) is 0 Å². The minimum Gasteiger partial charge on any atom is -0.396 e. The number of nitrogen functional groups attached to an aromatic ring is 1. The molecule has 0 unspecified atom stereocenters. The highest BCUT2D eigenvalue weighted by Gasteiger charge is 2.01. The number of hydrogen-bond acceptors (Lipinski definition) is 3. The van der Waals surface area contributed by atoms with E-state index in [9.17, 15) is 0 Å². The molecule has 4 nitrogen and oxygen atoms in total. The Hall–Kier alpha value is -1.39. The predicted molar refractivity (Wildman–Crippen MR) is 74.7 cm³/mol. The number of nitrogens with one attached hydrogen (secondary N) is 1. The first-order chi connectivity index (χ1) is 8.63. The van der Waals surface area contributed by atoms with Gasteiger partial charge in [0.15, 0.2) is 0 Å². The number of nitrogens with zero attached hydrogens (tertiary/aromatic N) is 1. The molecule has 0 aromatic heterocycles. The Balaban J connectivity index is 2.35. The van der Waals surface area contributed by atoms with Crippen LogP contribution in [0.2, 0.25) is 0 Å². The van der Waals surface area contributed by atoms with E-state index in [1.807, 2.05) is 24.3 Å². The monoisotopic (exact) mass is 249 g/mol. The second-order valence-corrected chi connectivity index (χ2v) is 4.63. The van der Waals surface area contributed by atoms with Crippen LogP contribution < -0.4 is 5.73 Å². The SMILES string of the molecule is CN(CCCCCO)Cc1ccc(C(=N)N)cc1. The van der Waals surface area contributed by atoms with Gasteiger partial charge in [-0.2, -0.15) is 0 Å². The van der Waals surface area contributed by atoms with E-state index >= 15 is 0 Å². The molecular formula is C14H23N3O. The number of unbranched alkanes of at least 4 members (excludes halogenated alkanes) is 2. The molecular weight excluding hydrogens is 226 g/mol. The molecule has 0 radical (unpaired) electrons. The maximum atomic E-state index is 8.70. The summed E-state index contributed by atoms with van der Waals surface area (Å²) in [5.74, 6) is 0.110. The summed E-state index contributed by atoms with van der Waals surface area (Å²) < 4.78 is 0. The quantitative estimate of drug-likeness (QED) is 0.372. The molecule has 0 fully saturated rings. The molecule has 0 saturated carbocycles. The summed E-state index contributed by atoms with van der Waals surface area (Å²) in [4.78, 5) is 2.26. The van der Waals surface area contributed by atoms with E-state index in [4.69, 9.17) is 16.2 Å². The van der Waals surface area contributed by atoms with Crippen LogP contribution >= 0.6 is 0 Å². The van der Waals surface area contributed by atoms with E-state index in [1.165, 1.54) is 5.56 Å². The molecule has 0 aliphatic carbocycles. The summed E-state index contributed by atoms with van der Waals surface area (Å²) in [5, 5.41) is 16.0. The highest BCUT2D eigenvalue weighted by molar-refractivity contribution is 5.94. The number of amidine groups is 1. The van der Waals surface area contributed by atoms with E-state index in [-0.39, 0.29) is 12.4 Å². The lowest BCUT2D eigenvalue weighted by Crippen LogP contribution is -2.19. The van der Waals surface area contributed by atoms with Gasteiger partial charge in [-0.15, -0.1) is 0 Å². The molecule has 0 saturated heterocycles. The molecule has 1 aromatic rings. The number of aliphatic hydroxyl groups is 1. The van der Waals surface area contributed by atoms with E-state index < -0.39 is 0 Å². The van der Waals surface area contributed by atoms with Crippen molar-refractivity contribution < 1.29 is 5.11 Å². The fraction of sp³-hybridized carbons (Fsp3) is 0.500. The summed E-state index contributed by atoms with van der Waals surface area (Å²) in [6.07, 6.45) is 3.08. The topological polar surface area (TPSA) is 73.3 Å². The van der Waals surface area contributed by atoms with Crippen LogP contribution in [-0.2, 0) is 6.54 Å². The van der Waals surface area contributed by atoms with Gasteiger partial charge in [0.2, 0.25) is 0 Å². The molecule has 0 aliphatic heterocycles. The maximum absolute atomic E-state index is 8.70. The third-order valence-corrected chi connectivity index (χ3v) is 2.92. The predicted octanol–water partition coefficient (Wildman–Crippen LogP) is 1.57. The molecule has 0 atom stereocenters. The lowest BCUT2D eigenvalue weighted by atomic mass is 10.1. The molecule has 1 rings (SSSR count). The minimum atomic E-state index is 0.110. The Morgan fingerprint density at radius 1 is 1.22 bits per heavy atom. The summed E-state index contributed by atoms with van der Waals surface area (Å²) in [5.41, 5.74) is 7.41. The fourth-order valence-corrected chi connectivity index (χ4v) is 1.85. The zero-order valence-corrected chi connectivity index (χ0v) is 11.0. The largest absolute Gasteiger partial charge is 0.396 e. The van der Waals surface area contributed by atoms with Gasteiger partial charge in [0.05, 0.1) is 0 Å². The molecule has 0 spiro atoms. The van der Waals surface area contributed by atoms with Crippen molar-refractivity contribution in [3.63, 3.8) is 0 Å². The van der Waals surface area contributed by atoms with E-state index in [0.717, 1.165) is 37.9 Å². The van der Waals surface area contributed by atoms with Crippen molar-refractivity contribution in [2.24, 2.45) is 5.73 Å². The standard InChI is InChI=1S/C14H23N3O/c1-17(9-3-2-4-10-18)11-12-5-7-13(8-6-12)14(15)16/h5-8,18H,2-4,9-11H2,1H3,(H3,15,16). The van der Waals surface area contributed by atoms with Crippen molar-refractivity contribution in [1.82, 2.24) is 4.90 Å². The van der Waals surface area contributed by atoms with Crippen LogP contribution in [0.3, 0.4) is 0 Å². The van der Waals surface area contributed by atoms with Crippen molar-refractivity contribution in [3.05, 3.63) is 35.4 Å². The minimum absolute atomic E-state index is 0.110. The van der Waals surface area contributed by atoms with Gasteiger partial charge in [0.25, 0.3) is 0 Å². The Bertz CT molecular complexity index is 362. The van der Waals surface area contributed by atoms with Crippen molar-refractivity contribution in [1.29, 1.82) is 5.41 Å². The van der Waals surface area contributed by atoms with Gasteiger partial charge in [-0.05, 0) is 38.4 Å². The summed E-state index contributed by atoms with van der Waals surface area (Å²) in [6, 6.07) is 7.80. The zero-order valence-electron chi connectivity index (χ0n) is 11.0. The number of nitrogens with two attached hydrogens (primary N) is 1. The Labute approximate surface area is 109 Å². The van der Waals surface area contributed by atoms with Gasteiger partial charge in [-0.3, -0.25) is 5.41 Å². The van der Waals surface area contributed by atoms with Crippen LogP contribution in [-0.4, -0.2) is 36.0 Å². The van der Waals surface area contributed by atoms with Crippen molar-refractivity contribution in [3.8, 4) is 0 Å². The lowest BCUT2D eigenvalue weighted by molar-refractivity contribution is 0.271. The van der Waals surface area contributed by atoms with E-state index in [1.54, 1.807) is 0 Å². The summed E-state index contributed by atoms with van der Waals surface area (Å²) in [7, 11) is 2.10. The number of rotatable bonds is 8. The van der Waals surface area contributed by atoms with E-state index in [0.29, 0.717) is 0 Å². The summed E-state index contributed by atoms with van der Waals surface area (Å²) >= 11 is 0. The van der Waals surface area contributed by atoms with Gasteiger partial charge in [0.1, 0.15) is 5.84 Å². The molecule has 0 heterocycles. The van der Waals surface area contributed by atoms with Gasteiger partial charge in [-0.25, -0.2) is 0 Å². The smallest absolute Gasteiger partial charge is 0.122 e. The van der Waals surface area contributed by atoms with E-state index in [2.05, 4.69) is 11.9 Å². The second-order valence-electron chi connectivity index (χ2n) is 4.63. The molecule has 0 aliphatic rings. The third-order valence-electron chi connectivity index (χ3n) is 2.92. The summed E-state index contributed by atoms with van der Waals surface area (Å²) in [6.45, 7) is 2.22. The first kappa shape index (κ1) is 14.7. The highest BCUT2D eigenvalue weighted by atomic mass is 16.2. The Kier molecular flexibility index (Phi) is 6.39. The molecule has 0 amide bonds. The molecule has 1 aromatic carbocycles. The van der Waals surface area contributed by atoms with Crippen molar-refractivity contribution >= 4 is 5.84 Å². The average Bonchev–Trinajstić information content (AvgIpc) is 2.35. The van der Waals surface area contributed by atoms with Crippen molar-refractivity contribution in [2.45, 2.75) is 25.8 Å². The van der Waals surface area contributed by atoms with Crippen LogP contribution in [0.5, 0.6) is 0 Å². The van der Waals surface area contributed by atoms with Gasteiger partial charge < -0.3 is 15.7 Å². The van der Waals surface area contributed by atoms with Gasteiger partial charge in [0, 0.05) is 18.7 Å². The maximum Gasteiger partial charge on any atom is 0.122 e. The van der Waals surface area contributed by atoms with Crippen LogP contribution in [0.25, 0.3) is 0 Å². The average molecular weight is 249 g/mol. The number of aliphatic hydroxyl groups excluding tert-OH is 1. The zero-order chi connectivity index (χ0) is 13.4. The highest BCUT2D eigenvalue weighted by Crippen LogP contribution is 2.07. The number of hydrogen-bond donors (Lipinski definition) is 3. The second kappa shape index (κ2) is 7.84. The first-order valence-corrected chi connectivity index (χ1v) is 6.36. The molecule has 4 N–H and O–H groups in total. The van der Waals surface area contributed by atoms with Crippen molar-refractivity contribution in [2.75, 3.05) is 20.2 Å². The first-order valence-electron chi connectivity index (χ1n) is 6.36. The van der Waals surface area contributed by atoms with Crippen LogP contribution in [0.1, 0.15) is 30.4 Å². The van der Waals surface area contributed by atoms with Crippen LogP contribution in [0, 0.1) is 5.41 Å². The fourth-order valence-electron chi connectivity index (χ4n) is 1.85. The molecule has 0 bridgehead atoms. The molecule has 18 heavy (non-hydrogen) atoms. The number of benzene rings is 1. The van der Waals surface area contributed by atoms with Gasteiger partial charge >= 0.3 is 0 Å². The van der Waals surface area contributed by atoms with Crippen LogP contribution in [0.15, 0.2) is 24.3 Å². The normalized spacial score (nSPS) is 10.8. The molecule has 100 valence electrons. The third kappa shape index (κ3) is 5.29. The lowest BCUT2D eigenvalue weighted by Gasteiger charge is -2.16. The Morgan fingerprint density at radius 2 is 1.89 bits per heavy atom. The van der Waals surface area contributed by atoms with Gasteiger partial charge in [-0.1, -0.05) is 24.3 Å². The Morgan fingerprint density at radius 3 is 2.44 bits per heavy atom.